The molecule has 33 heavy (non-hydrogen) atoms. The first-order chi connectivity index (χ1) is 16.1. The number of carbonyl (C=O) groups is 1. The number of aromatic amines is 1. The molecule has 0 atom stereocenters. The van der Waals surface area contributed by atoms with E-state index in [-0.39, 0.29) is 11.6 Å². The quantitative estimate of drug-likeness (QED) is 0.495. The molecule has 8 nitrogen and oxygen atoms in total. The van der Waals surface area contributed by atoms with Gasteiger partial charge in [-0.1, -0.05) is 12.1 Å². The summed E-state index contributed by atoms with van der Waals surface area (Å²) in [6.07, 6.45) is 7.18. The first-order valence-electron chi connectivity index (χ1n) is 11.2. The molecule has 3 aromatic heterocycles. The Balaban J connectivity index is 1.31. The molecule has 1 amide bonds. The highest BCUT2D eigenvalue weighted by Crippen LogP contribution is 2.23. The van der Waals surface area contributed by atoms with Crippen molar-refractivity contribution in [1.29, 1.82) is 0 Å². The fourth-order valence-electron chi connectivity index (χ4n) is 4.25. The second-order valence-corrected chi connectivity index (χ2v) is 8.41. The van der Waals surface area contributed by atoms with E-state index in [1.54, 1.807) is 19.3 Å². The largest absolute Gasteiger partial charge is 0.357 e. The minimum absolute atomic E-state index is 0.142. The molecular formula is C25H26N6O2. The van der Waals surface area contributed by atoms with Gasteiger partial charge in [0.25, 0.3) is 5.91 Å². The third-order valence-corrected chi connectivity index (χ3v) is 6.16. The molecule has 1 aliphatic heterocycles. The van der Waals surface area contributed by atoms with Gasteiger partial charge in [-0.3, -0.25) is 14.3 Å². The number of hydrogen-bond donors (Lipinski definition) is 2. The van der Waals surface area contributed by atoms with Gasteiger partial charge in [-0.2, -0.15) is 0 Å². The average molecular weight is 443 g/mol. The lowest BCUT2D eigenvalue weighted by molar-refractivity contribution is 0.0951. The van der Waals surface area contributed by atoms with Crippen molar-refractivity contribution in [2.75, 3.05) is 18.0 Å². The van der Waals surface area contributed by atoms with E-state index in [0.29, 0.717) is 17.8 Å². The summed E-state index contributed by atoms with van der Waals surface area (Å²) in [6, 6.07) is 13.3. The number of piperidine rings is 1. The number of aryl methyl sites for hydroxylation is 1. The Bertz CT molecular complexity index is 1370. The molecule has 2 N–H and O–H groups in total. The molecule has 0 bridgehead atoms. The minimum atomic E-state index is -0.206. The maximum Gasteiger partial charge on any atom is 0.327 e. The normalized spacial score (nSPS) is 13.9. The van der Waals surface area contributed by atoms with E-state index in [9.17, 15) is 9.59 Å². The summed E-state index contributed by atoms with van der Waals surface area (Å²) in [7, 11) is 1.70. The van der Waals surface area contributed by atoms with Gasteiger partial charge in [-0.15, -0.1) is 0 Å². The maximum absolute atomic E-state index is 12.9. The zero-order chi connectivity index (χ0) is 22.8. The van der Waals surface area contributed by atoms with Crippen molar-refractivity contribution in [3.63, 3.8) is 0 Å². The zero-order valence-corrected chi connectivity index (χ0v) is 18.5. The summed E-state index contributed by atoms with van der Waals surface area (Å²) < 4.78 is 1.52. The van der Waals surface area contributed by atoms with E-state index in [4.69, 9.17) is 0 Å². The summed E-state index contributed by atoms with van der Waals surface area (Å²) in [6.45, 7) is 2.51. The molecule has 8 heteroatoms. The third kappa shape index (κ3) is 4.37. The van der Waals surface area contributed by atoms with Crippen LogP contribution in [-0.4, -0.2) is 38.5 Å². The van der Waals surface area contributed by atoms with Gasteiger partial charge in [0.1, 0.15) is 5.82 Å². The van der Waals surface area contributed by atoms with Gasteiger partial charge in [0.15, 0.2) is 5.65 Å². The third-order valence-electron chi connectivity index (χ3n) is 6.16. The van der Waals surface area contributed by atoms with Gasteiger partial charge >= 0.3 is 5.69 Å². The molecule has 0 radical (unpaired) electrons. The first-order valence-corrected chi connectivity index (χ1v) is 11.2. The number of nitrogens with one attached hydrogen (secondary N) is 2. The van der Waals surface area contributed by atoms with Crippen LogP contribution in [0.1, 0.15) is 35.2 Å². The molecule has 1 fully saturated rings. The van der Waals surface area contributed by atoms with Crippen molar-refractivity contribution in [3.05, 3.63) is 76.5 Å². The second-order valence-electron chi connectivity index (χ2n) is 8.41. The molecule has 0 spiro atoms. The van der Waals surface area contributed by atoms with Gasteiger partial charge in [0, 0.05) is 50.2 Å². The average Bonchev–Trinajstić information content (AvgIpc) is 3.16. The number of hydrogen-bond acceptors (Lipinski definition) is 5. The van der Waals surface area contributed by atoms with E-state index >= 15 is 0 Å². The summed E-state index contributed by atoms with van der Waals surface area (Å²) in [4.78, 5) is 38.6. The molecule has 0 unspecified atom stereocenters. The van der Waals surface area contributed by atoms with Crippen LogP contribution in [0.4, 0.5) is 5.82 Å². The molecule has 5 rings (SSSR count). The number of carbonyl (C=O) groups excluding carboxylic acids is 1. The summed E-state index contributed by atoms with van der Waals surface area (Å²) >= 11 is 0. The second kappa shape index (κ2) is 8.90. The van der Waals surface area contributed by atoms with Gasteiger partial charge in [-0.25, -0.2) is 14.8 Å². The summed E-state index contributed by atoms with van der Waals surface area (Å²) in [5.74, 6) is 0.835. The van der Waals surface area contributed by atoms with Crippen LogP contribution in [-0.2, 0) is 13.6 Å². The number of anilines is 1. The van der Waals surface area contributed by atoms with Crippen molar-refractivity contribution in [1.82, 2.24) is 24.8 Å². The summed E-state index contributed by atoms with van der Waals surface area (Å²) in [5.41, 5.74) is 4.35. The monoisotopic (exact) mass is 442 g/mol. The minimum Gasteiger partial charge on any atom is -0.357 e. The van der Waals surface area contributed by atoms with Crippen molar-refractivity contribution in [2.24, 2.45) is 7.05 Å². The number of rotatable bonds is 5. The lowest BCUT2D eigenvalue weighted by Crippen LogP contribution is -2.30. The fourth-order valence-corrected chi connectivity index (χ4v) is 4.25. The predicted octanol–water partition coefficient (Wildman–Crippen LogP) is 3.24. The number of fused-ring (bicyclic) bond motifs is 1. The molecule has 1 saturated heterocycles. The lowest BCUT2D eigenvalue weighted by Gasteiger charge is -2.27. The Morgan fingerprint density at radius 2 is 1.91 bits per heavy atom. The highest BCUT2D eigenvalue weighted by atomic mass is 16.2. The molecular weight excluding hydrogens is 416 g/mol. The van der Waals surface area contributed by atoms with E-state index in [1.165, 1.54) is 23.8 Å². The van der Waals surface area contributed by atoms with Crippen LogP contribution in [0.3, 0.4) is 0 Å². The number of amides is 1. The fraction of sp³-hybridized carbons (Fsp3) is 0.280. The van der Waals surface area contributed by atoms with Gasteiger partial charge in [0.2, 0.25) is 0 Å². The van der Waals surface area contributed by atoms with Gasteiger partial charge < -0.3 is 10.2 Å². The molecule has 1 aliphatic rings. The Morgan fingerprint density at radius 1 is 1.06 bits per heavy atom. The Kier molecular flexibility index (Phi) is 5.64. The standard InChI is InChI=1S/C25H26N6O2/c1-30-21-14-20(16-27-23(21)29-25(30)33)18-6-5-7-19(13-18)24(32)28-15-17-8-9-26-22(12-17)31-10-3-2-4-11-31/h5-9,12-14,16H,2-4,10-11,15H2,1H3,(H,28,32)(H,27,29,33). The van der Waals surface area contributed by atoms with Crippen molar-refractivity contribution < 1.29 is 4.79 Å². The van der Waals surface area contributed by atoms with E-state index in [0.717, 1.165) is 41.1 Å². The molecule has 1 aromatic carbocycles. The number of pyridine rings is 2. The maximum atomic E-state index is 12.9. The molecule has 0 aliphatic carbocycles. The number of H-pyrrole nitrogens is 1. The van der Waals surface area contributed by atoms with Crippen LogP contribution < -0.4 is 15.9 Å². The molecule has 4 aromatic rings. The van der Waals surface area contributed by atoms with E-state index < -0.39 is 0 Å². The smallest absolute Gasteiger partial charge is 0.327 e. The first kappa shape index (κ1) is 20.9. The Labute approximate surface area is 191 Å². The zero-order valence-electron chi connectivity index (χ0n) is 18.5. The van der Waals surface area contributed by atoms with Gasteiger partial charge in [-0.05, 0) is 60.7 Å². The Morgan fingerprint density at radius 3 is 2.76 bits per heavy atom. The van der Waals surface area contributed by atoms with Crippen LogP contribution >= 0.6 is 0 Å². The van der Waals surface area contributed by atoms with Crippen LogP contribution in [0.5, 0.6) is 0 Å². The highest BCUT2D eigenvalue weighted by molar-refractivity contribution is 5.95. The number of aromatic nitrogens is 4. The number of benzene rings is 1. The van der Waals surface area contributed by atoms with Crippen LogP contribution in [0.25, 0.3) is 22.3 Å². The summed E-state index contributed by atoms with van der Waals surface area (Å²) in [5, 5.41) is 3.01. The van der Waals surface area contributed by atoms with Crippen LogP contribution in [0.2, 0.25) is 0 Å². The Hall–Kier alpha value is -3.94. The number of nitrogens with zero attached hydrogens (tertiary/aromatic N) is 4. The van der Waals surface area contributed by atoms with Gasteiger partial charge in [0.05, 0.1) is 5.52 Å². The van der Waals surface area contributed by atoms with Crippen molar-refractivity contribution >= 4 is 22.9 Å². The van der Waals surface area contributed by atoms with Crippen molar-refractivity contribution in [2.45, 2.75) is 25.8 Å². The SMILES string of the molecule is Cn1c(=O)[nH]c2ncc(-c3cccc(C(=O)NCc4ccnc(N5CCCCC5)c4)c3)cc21. The topological polar surface area (TPSA) is 95.9 Å². The van der Waals surface area contributed by atoms with E-state index in [1.807, 2.05) is 36.5 Å². The molecule has 0 saturated carbocycles. The lowest BCUT2D eigenvalue weighted by atomic mass is 10.0. The highest BCUT2D eigenvalue weighted by Gasteiger charge is 2.13. The molecule has 168 valence electrons. The molecule has 4 heterocycles. The van der Waals surface area contributed by atoms with Crippen molar-refractivity contribution in [3.8, 4) is 11.1 Å². The van der Waals surface area contributed by atoms with E-state index in [2.05, 4.69) is 31.2 Å². The predicted molar refractivity (Wildman–Crippen MR) is 128 cm³/mol. The number of imidazole rings is 1. The van der Waals surface area contributed by atoms with Crippen LogP contribution in [0, 0.1) is 0 Å². The van der Waals surface area contributed by atoms with Crippen LogP contribution in [0.15, 0.2) is 59.7 Å².